The average molecular weight is 425 g/mol. The van der Waals surface area contributed by atoms with Crippen LogP contribution in [0.3, 0.4) is 0 Å². The highest BCUT2D eigenvalue weighted by Gasteiger charge is 2.21. The molecule has 2 aromatic rings. The van der Waals surface area contributed by atoms with Crippen LogP contribution in [0.15, 0.2) is 18.2 Å². The number of aliphatic hydroxyl groups is 1. The van der Waals surface area contributed by atoms with Crippen LogP contribution in [0.25, 0.3) is 10.9 Å². The molecule has 3 rings (SSSR count). The van der Waals surface area contributed by atoms with Crippen LogP contribution in [0.2, 0.25) is 0 Å². The molecule has 1 fully saturated rings. The predicted octanol–water partition coefficient (Wildman–Crippen LogP) is -1.35. The van der Waals surface area contributed by atoms with Gasteiger partial charge in [-0.1, -0.05) is 0 Å². The summed E-state index contributed by atoms with van der Waals surface area (Å²) in [5.41, 5.74) is 2.38. The minimum absolute atomic E-state index is 0. The highest BCUT2D eigenvalue weighted by atomic mass is 35.5. The number of esters is 1. The molecule has 1 aliphatic rings. The van der Waals surface area contributed by atoms with E-state index in [9.17, 15) is 9.90 Å². The van der Waals surface area contributed by atoms with Gasteiger partial charge in [0.15, 0.2) is 0 Å². The van der Waals surface area contributed by atoms with Crippen molar-refractivity contribution in [3.8, 4) is 5.75 Å². The number of halogens is 1. The lowest BCUT2D eigenvalue weighted by Gasteiger charge is -2.33. The highest BCUT2D eigenvalue weighted by molar-refractivity contribution is 6.06. The molecule has 1 saturated heterocycles. The standard InChI is InChI=1S/C21H31N3O4.ClH/c1-5-27-21(26)20-15(2)23(4)19-7-6-17(12-18(19)20)28-14-16(25)13-24-10-8-22(3)9-11-24;/h6-7,12,16,25H,5,8-11,13-14H2,1-4H3;1H/p-1. The summed E-state index contributed by atoms with van der Waals surface area (Å²) in [7, 11) is 4.05. The number of aliphatic hydroxyl groups excluding tert-OH is 1. The second kappa shape index (κ2) is 10.3. The van der Waals surface area contributed by atoms with Gasteiger partial charge in [0.05, 0.1) is 12.2 Å². The van der Waals surface area contributed by atoms with Gasteiger partial charge < -0.3 is 36.5 Å². The molecule has 1 aromatic heterocycles. The fourth-order valence-electron chi connectivity index (χ4n) is 3.68. The van der Waals surface area contributed by atoms with Crippen molar-refractivity contribution in [3.05, 3.63) is 29.5 Å². The van der Waals surface area contributed by atoms with Crippen LogP contribution in [-0.2, 0) is 11.8 Å². The molecule has 0 saturated carbocycles. The van der Waals surface area contributed by atoms with E-state index in [2.05, 4.69) is 16.8 Å². The van der Waals surface area contributed by atoms with E-state index in [1.807, 2.05) is 36.7 Å². The number of nitrogens with zero attached hydrogens (tertiary/aromatic N) is 3. The number of benzene rings is 1. The number of rotatable bonds is 7. The molecular formula is C21H31ClN3O4-. The third-order valence-electron chi connectivity index (χ3n) is 5.45. The lowest BCUT2D eigenvalue weighted by atomic mass is 10.1. The monoisotopic (exact) mass is 424 g/mol. The molecule has 1 atom stereocenters. The molecular weight excluding hydrogens is 394 g/mol. The summed E-state index contributed by atoms with van der Waals surface area (Å²) >= 11 is 0. The zero-order valence-electron chi connectivity index (χ0n) is 17.7. The summed E-state index contributed by atoms with van der Waals surface area (Å²) in [6.07, 6.45) is -0.555. The summed E-state index contributed by atoms with van der Waals surface area (Å²) in [6, 6.07) is 5.67. The third-order valence-corrected chi connectivity index (χ3v) is 5.45. The van der Waals surface area contributed by atoms with Gasteiger partial charge in [-0.3, -0.25) is 4.90 Å². The molecule has 1 N–H and O–H groups in total. The van der Waals surface area contributed by atoms with Gasteiger partial charge in [0.1, 0.15) is 18.5 Å². The molecule has 0 radical (unpaired) electrons. The highest BCUT2D eigenvalue weighted by Crippen LogP contribution is 2.29. The largest absolute Gasteiger partial charge is 1.00 e. The summed E-state index contributed by atoms with van der Waals surface area (Å²) in [6.45, 7) is 8.84. The molecule has 1 unspecified atom stereocenters. The first kappa shape index (κ1) is 23.5. The van der Waals surface area contributed by atoms with Crippen molar-refractivity contribution < 1.29 is 31.8 Å². The number of β-amino-alcohol motifs (C(OH)–C–C–N with tert-alkyl or cyclic N) is 1. The van der Waals surface area contributed by atoms with Crippen molar-refractivity contribution in [3.63, 3.8) is 0 Å². The summed E-state index contributed by atoms with van der Waals surface area (Å²) in [5.74, 6) is 0.318. The first-order valence-corrected chi connectivity index (χ1v) is 9.88. The van der Waals surface area contributed by atoms with Gasteiger partial charge in [0.2, 0.25) is 0 Å². The second-order valence-electron chi connectivity index (χ2n) is 7.49. The molecule has 8 heteroatoms. The van der Waals surface area contributed by atoms with E-state index in [1.54, 1.807) is 6.92 Å². The van der Waals surface area contributed by atoms with E-state index >= 15 is 0 Å². The number of likely N-dealkylation sites (N-methyl/N-ethyl adjacent to an activating group) is 1. The normalized spacial score (nSPS) is 16.4. The van der Waals surface area contributed by atoms with Crippen molar-refractivity contribution >= 4 is 16.9 Å². The SMILES string of the molecule is CCOC(=O)c1c(C)n(C)c2ccc(OCC(O)CN3CCN(C)CC3)cc12.[Cl-]. The molecule has 0 bridgehead atoms. The van der Waals surface area contributed by atoms with Crippen molar-refractivity contribution in [2.24, 2.45) is 7.05 Å². The van der Waals surface area contributed by atoms with Crippen LogP contribution in [0.1, 0.15) is 23.0 Å². The van der Waals surface area contributed by atoms with E-state index < -0.39 is 6.10 Å². The minimum Gasteiger partial charge on any atom is -1.00 e. The number of carbonyl (C=O) groups is 1. The molecule has 0 spiro atoms. The van der Waals surface area contributed by atoms with E-state index in [0.29, 0.717) is 24.5 Å². The van der Waals surface area contributed by atoms with Crippen molar-refractivity contribution in [2.75, 3.05) is 53.0 Å². The summed E-state index contributed by atoms with van der Waals surface area (Å²) in [4.78, 5) is 16.9. The zero-order chi connectivity index (χ0) is 20.3. The molecule has 1 aliphatic heterocycles. The number of hydrogen-bond donors (Lipinski definition) is 1. The number of carbonyl (C=O) groups excluding carboxylic acids is 1. The number of ether oxygens (including phenoxy) is 2. The smallest absolute Gasteiger partial charge is 0.340 e. The van der Waals surface area contributed by atoms with Gasteiger partial charge in [0, 0.05) is 56.4 Å². The van der Waals surface area contributed by atoms with Crippen LogP contribution >= 0.6 is 0 Å². The maximum Gasteiger partial charge on any atom is 0.340 e. The Hall–Kier alpha value is -1.80. The maximum atomic E-state index is 12.4. The minimum atomic E-state index is -0.555. The van der Waals surface area contributed by atoms with Crippen LogP contribution in [0.4, 0.5) is 0 Å². The fraction of sp³-hybridized carbons (Fsp3) is 0.571. The number of aromatic nitrogens is 1. The summed E-state index contributed by atoms with van der Waals surface area (Å²) in [5, 5.41) is 11.2. The Morgan fingerprint density at radius 1 is 1.21 bits per heavy atom. The fourth-order valence-corrected chi connectivity index (χ4v) is 3.68. The Balaban J connectivity index is 0.00000300. The van der Waals surface area contributed by atoms with Gasteiger partial charge in [-0.2, -0.15) is 0 Å². The van der Waals surface area contributed by atoms with Gasteiger partial charge in [-0.15, -0.1) is 0 Å². The van der Waals surface area contributed by atoms with Crippen molar-refractivity contribution in [2.45, 2.75) is 20.0 Å². The maximum absolute atomic E-state index is 12.4. The first-order chi connectivity index (χ1) is 13.4. The Bertz CT molecular complexity index is 831. The van der Waals surface area contributed by atoms with E-state index in [4.69, 9.17) is 9.47 Å². The number of hydrogen-bond acceptors (Lipinski definition) is 6. The first-order valence-electron chi connectivity index (χ1n) is 9.88. The van der Waals surface area contributed by atoms with Crippen LogP contribution < -0.4 is 17.1 Å². The van der Waals surface area contributed by atoms with Gasteiger partial charge in [-0.25, -0.2) is 4.79 Å². The molecule has 0 aliphatic carbocycles. The van der Waals surface area contributed by atoms with E-state index in [1.165, 1.54) is 0 Å². The lowest BCUT2D eigenvalue weighted by molar-refractivity contribution is -0.0000265. The Kier molecular flexibility index (Phi) is 8.34. The van der Waals surface area contributed by atoms with Crippen LogP contribution in [0, 0.1) is 6.92 Å². The lowest BCUT2D eigenvalue weighted by Crippen LogP contribution is -3.00. The molecule has 7 nitrogen and oxygen atoms in total. The second-order valence-corrected chi connectivity index (χ2v) is 7.49. The Labute approximate surface area is 178 Å². The van der Waals surface area contributed by atoms with E-state index in [-0.39, 0.29) is 25.0 Å². The van der Waals surface area contributed by atoms with E-state index in [0.717, 1.165) is 42.8 Å². The topological polar surface area (TPSA) is 67.2 Å². The number of fused-ring (bicyclic) bond motifs is 1. The number of aryl methyl sites for hydroxylation is 1. The molecule has 2 heterocycles. The third kappa shape index (κ3) is 5.42. The van der Waals surface area contributed by atoms with Crippen molar-refractivity contribution in [1.29, 1.82) is 0 Å². The summed E-state index contributed by atoms with van der Waals surface area (Å²) < 4.78 is 13.0. The van der Waals surface area contributed by atoms with Gasteiger partial charge >= 0.3 is 5.97 Å². The zero-order valence-corrected chi connectivity index (χ0v) is 18.4. The molecule has 1 aromatic carbocycles. The average Bonchev–Trinajstić information content (AvgIpc) is 2.92. The van der Waals surface area contributed by atoms with Crippen LogP contribution in [-0.4, -0.2) is 84.5 Å². The quantitative estimate of drug-likeness (QED) is 0.555. The predicted molar refractivity (Wildman–Crippen MR) is 109 cm³/mol. The molecule has 162 valence electrons. The van der Waals surface area contributed by atoms with Gasteiger partial charge in [0.25, 0.3) is 0 Å². The van der Waals surface area contributed by atoms with Gasteiger partial charge in [-0.05, 0) is 39.1 Å². The number of piperazine rings is 1. The van der Waals surface area contributed by atoms with Crippen molar-refractivity contribution in [1.82, 2.24) is 14.4 Å². The Morgan fingerprint density at radius 2 is 1.90 bits per heavy atom. The van der Waals surface area contributed by atoms with Crippen LogP contribution in [0.5, 0.6) is 5.75 Å². The molecule has 0 amide bonds. The molecule has 29 heavy (non-hydrogen) atoms. The Morgan fingerprint density at radius 3 is 2.55 bits per heavy atom.